The third-order valence-corrected chi connectivity index (χ3v) is 4.14. The first-order valence-electron chi connectivity index (χ1n) is 8.36. The standard InChI is InChI=1S/C16H32O5S/c1-14(2)10-9-13-16(21-22(18,19)20)12-8-6-4-5-7-11-15(3)17/h14,16H,4-13H2,1-3H3,(H,18,19,20). The van der Waals surface area contributed by atoms with Gasteiger partial charge in [0.15, 0.2) is 0 Å². The Morgan fingerprint density at radius 1 is 0.955 bits per heavy atom. The fourth-order valence-corrected chi connectivity index (χ4v) is 2.98. The number of hydrogen-bond acceptors (Lipinski definition) is 4. The molecule has 6 heteroatoms. The number of ketones is 1. The maximum atomic E-state index is 10.9. The van der Waals surface area contributed by atoms with Crippen molar-refractivity contribution in [3.05, 3.63) is 0 Å². The Hall–Kier alpha value is -0.460. The van der Waals surface area contributed by atoms with Crippen LogP contribution in [0.2, 0.25) is 0 Å². The first kappa shape index (κ1) is 21.5. The average molecular weight is 336 g/mol. The third kappa shape index (κ3) is 15.9. The van der Waals surface area contributed by atoms with Crippen LogP contribution in [-0.2, 0) is 19.4 Å². The van der Waals surface area contributed by atoms with Crippen molar-refractivity contribution in [3.8, 4) is 0 Å². The zero-order valence-corrected chi connectivity index (χ0v) is 15.0. The molecule has 0 radical (unpaired) electrons. The van der Waals surface area contributed by atoms with Crippen molar-refractivity contribution < 1.29 is 21.9 Å². The predicted octanol–water partition coefficient (Wildman–Crippen LogP) is 4.32. The van der Waals surface area contributed by atoms with Gasteiger partial charge in [-0.1, -0.05) is 52.4 Å². The predicted molar refractivity (Wildman–Crippen MR) is 88.1 cm³/mol. The second-order valence-corrected chi connectivity index (χ2v) is 7.53. The van der Waals surface area contributed by atoms with Crippen LogP contribution < -0.4 is 0 Å². The monoisotopic (exact) mass is 336 g/mol. The molecule has 1 atom stereocenters. The van der Waals surface area contributed by atoms with E-state index < -0.39 is 16.5 Å². The first-order valence-corrected chi connectivity index (χ1v) is 9.72. The highest BCUT2D eigenvalue weighted by molar-refractivity contribution is 7.80. The average Bonchev–Trinajstić information content (AvgIpc) is 2.34. The van der Waals surface area contributed by atoms with Gasteiger partial charge in [-0.3, -0.25) is 4.55 Å². The molecule has 0 bridgehead atoms. The molecule has 1 unspecified atom stereocenters. The summed E-state index contributed by atoms with van der Waals surface area (Å²) < 4.78 is 35.4. The lowest BCUT2D eigenvalue weighted by molar-refractivity contribution is -0.117. The minimum Gasteiger partial charge on any atom is -0.300 e. The van der Waals surface area contributed by atoms with Gasteiger partial charge in [0.25, 0.3) is 0 Å². The molecule has 0 aliphatic rings. The molecule has 5 nitrogen and oxygen atoms in total. The molecule has 0 amide bonds. The summed E-state index contributed by atoms with van der Waals surface area (Å²) in [7, 11) is -4.37. The van der Waals surface area contributed by atoms with Crippen LogP contribution in [-0.4, -0.2) is 24.9 Å². The van der Waals surface area contributed by atoms with E-state index in [1.165, 1.54) is 0 Å². The molecule has 0 aromatic heterocycles. The van der Waals surface area contributed by atoms with E-state index in [2.05, 4.69) is 13.8 Å². The van der Waals surface area contributed by atoms with Gasteiger partial charge in [-0.2, -0.15) is 8.42 Å². The molecule has 0 heterocycles. The summed E-state index contributed by atoms with van der Waals surface area (Å²) in [6.45, 7) is 5.85. The number of hydrogen-bond donors (Lipinski definition) is 1. The number of carbonyl (C=O) groups is 1. The van der Waals surface area contributed by atoms with Crippen LogP contribution in [0.1, 0.15) is 85.0 Å². The van der Waals surface area contributed by atoms with Crippen LogP contribution in [0, 0.1) is 5.92 Å². The Kier molecular flexibility index (Phi) is 11.8. The van der Waals surface area contributed by atoms with E-state index in [4.69, 9.17) is 8.74 Å². The summed E-state index contributed by atoms with van der Waals surface area (Å²) in [5.41, 5.74) is 0. The van der Waals surface area contributed by atoms with Crippen molar-refractivity contribution in [2.45, 2.75) is 91.1 Å². The Labute approximate surface area is 135 Å². The van der Waals surface area contributed by atoms with Gasteiger partial charge >= 0.3 is 10.4 Å². The first-order chi connectivity index (χ1) is 10.2. The number of unbranched alkanes of at least 4 members (excludes halogenated alkanes) is 4. The molecule has 0 fully saturated rings. The second kappa shape index (κ2) is 12.0. The minimum absolute atomic E-state index is 0.228. The Morgan fingerprint density at radius 3 is 2.05 bits per heavy atom. The Bertz CT molecular complexity index is 389. The van der Waals surface area contributed by atoms with Crippen molar-refractivity contribution in [3.63, 3.8) is 0 Å². The van der Waals surface area contributed by atoms with Gasteiger partial charge in [0.05, 0.1) is 6.10 Å². The molecular formula is C16H32O5S. The lowest BCUT2D eigenvalue weighted by Gasteiger charge is -2.16. The van der Waals surface area contributed by atoms with Gasteiger partial charge in [0, 0.05) is 6.42 Å². The summed E-state index contributed by atoms with van der Waals surface area (Å²) in [4.78, 5) is 10.8. The third-order valence-electron chi connectivity index (χ3n) is 3.62. The molecule has 0 aliphatic heterocycles. The molecule has 0 saturated heterocycles. The van der Waals surface area contributed by atoms with Crippen molar-refractivity contribution in [1.29, 1.82) is 0 Å². The number of Topliss-reactive ketones (excluding diaryl/α,β-unsaturated/α-hetero) is 1. The summed E-state index contributed by atoms with van der Waals surface area (Å²) >= 11 is 0. The van der Waals surface area contributed by atoms with Gasteiger partial charge in [-0.05, 0) is 32.1 Å². The van der Waals surface area contributed by atoms with Crippen molar-refractivity contribution in [2.75, 3.05) is 0 Å². The highest BCUT2D eigenvalue weighted by Crippen LogP contribution is 2.18. The van der Waals surface area contributed by atoms with Crippen LogP contribution >= 0.6 is 0 Å². The Balaban J connectivity index is 3.89. The molecule has 0 aliphatic carbocycles. The summed E-state index contributed by atoms with van der Waals surface area (Å²) in [6, 6.07) is 0. The van der Waals surface area contributed by atoms with Crippen LogP contribution in [0.15, 0.2) is 0 Å². The van der Waals surface area contributed by atoms with Crippen molar-refractivity contribution >= 4 is 16.2 Å². The lowest BCUT2D eigenvalue weighted by Crippen LogP contribution is -2.18. The maximum Gasteiger partial charge on any atom is 0.397 e. The highest BCUT2D eigenvalue weighted by Gasteiger charge is 2.16. The molecule has 1 N–H and O–H groups in total. The smallest absolute Gasteiger partial charge is 0.300 e. The largest absolute Gasteiger partial charge is 0.397 e. The number of carbonyl (C=O) groups excluding carboxylic acids is 1. The van der Waals surface area contributed by atoms with E-state index in [1.807, 2.05) is 0 Å². The van der Waals surface area contributed by atoms with Crippen LogP contribution in [0.4, 0.5) is 0 Å². The summed E-state index contributed by atoms with van der Waals surface area (Å²) in [5, 5.41) is 0. The minimum atomic E-state index is -4.37. The molecule has 0 rings (SSSR count). The van der Waals surface area contributed by atoms with Gasteiger partial charge < -0.3 is 4.79 Å². The molecular weight excluding hydrogens is 304 g/mol. The van der Waals surface area contributed by atoms with Gasteiger partial charge in [-0.15, -0.1) is 0 Å². The van der Waals surface area contributed by atoms with Gasteiger partial charge in [-0.25, -0.2) is 4.18 Å². The SMILES string of the molecule is CC(=O)CCCCCCCC(CCCC(C)C)OS(=O)(=O)O. The van der Waals surface area contributed by atoms with E-state index >= 15 is 0 Å². The summed E-state index contributed by atoms with van der Waals surface area (Å²) in [5.74, 6) is 0.805. The molecule has 0 aromatic carbocycles. The van der Waals surface area contributed by atoms with Gasteiger partial charge in [0.2, 0.25) is 0 Å². The van der Waals surface area contributed by atoms with E-state index in [0.717, 1.165) is 44.9 Å². The molecule has 132 valence electrons. The fourth-order valence-electron chi connectivity index (χ4n) is 2.44. The van der Waals surface area contributed by atoms with E-state index in [-0.39, 0.29) is 5.78 Å². The zero-order valence-electron chi connectivity index (χ0n) is 14.2. The van der Waals surface area contributed by atoms with Gasteiger partial charge in [0.1, 0.15) is 5.78 Å². The maximum absolute atomic E-state index is 10.9. The topological polar surface area (TPSA) is 80.7 Å². The zero-order chi connectivity index (χ0) is 17.0. The Morgan fingerprint density at radius 2 is 1.50 bits per heavy atom. The molecule has 22 heavy (non-hydrogen) atoms. The quantitative estimate of drug-likeness (QED) is 0.377. The van der Waals surface area contributed by atoms with Crippen molar-refractivity contribution in [1.82, 2.24) is 0 Å². The fraction of sp³-hybridized carbons (Fsp3) is 0.938. The van der Waals surface area contributed by atoms with Crippen molar-refractivity contribution in [2.24, 2.45) is 5.92 Å². The summed E-state index contributed by atoms with van der Waals surface area (Å²) in [6.07, 6.45) is 8.30. The van der Waals surface area contributed by atoms with Crippen LogP contribution in [0.5, 0.6) is 0 Å². The molecule has 0 saturated carbocycles. The highest BCUT2D eigenvalue weighted by atomic mass is 32.3. The number of rotatable bonds is 14. The van der Waals surface area contributed by atoms with Crippen LogP contribution in [0.3, 0.4) is 0 Å². The van der Waals surface area contributed by atoms with E-state index in [0.29, 0.717) is 25.2 Å². The van der Waals surface area contributed by atoms with E-state index in [1.54, 1.807) is 6.92 Å². The normalized spacial score (nSPS) is 13.5. The lowest BCUT2D eigenvalue weighted by atomic mass is 10.0. The molecule has 0 spiro atoms. The van der Waals surface area contributed by atoms with Crippen LogP contribution in [0.25, 0.3) is 0 Å². The van der Waals surface area contributed by atoms with E-state index in [9.17, 15) is 13.2 Å². The second-order valence-electron chi connectivity index (χ2n) is 6.48. The molecule has 0 aromatic rings.